The number of benzene rings is 5. The summed E-state index contributed by atoms with van der Waals surface area (Å²) in [6.07, 6.45) is -4.01. The van der Waals surface area contributed by atoms with Crippen LogP contribution in [0.4, 0.5) is 19.0 Å². The van der Waals surface area contributed by atoms with Crippen molar-refractivity contribution in [2.24, 2.45) is 0 Å². The van der Waals surface area contributed by atoms with E-state index >= 15 is 0 Å². The minimum Gasteiger partial charge on any atom is -0.311 e. The molecule has 0 aliphatic rings. The second-order valence-electron chi connectivity index (χ2n) is 10.1. The van der Waals surface area contributed by atoms with Crippen molar-refractivity contribution in [1.82, 2.24) is 9.78 Å². The summed E-state index contributed by atoms with van der Waals surface area (Å²) in [5.41, 5.74) is 2.65. The Morgan fingerprint density at radius 3 is 1.76 bits per heavy atom. The van der Waals surface area contributed by atoms with Crippen LogP contribution in [0.2, 0.25) is 0 Å². The maximum Gasteiger partial charge on any atom is 0.417 e. The third kappa shape index (κ3) is 4.53. The predicted molar refractivity (Wildman–Crippen MR) is 159 cm³/mol. The Balaban J connectivity index is 1.70. The number of rotatable bonds is 7. The summed E-state index contributed by atoms with van der Waals surface area (Å²) in [6, 6.07) is 39.1. The second kappa shape index (κ2) is 10.7. The van der Waals surface area contributed by atoms with Crippen LogP contribution in [0.15, 0.2) is 127 Å². The van der Waals surface area contributed by atoms with Crippen molar-refractivity contribution >= 4 is 23.1 Å². The van der Waals surface area contributed by atoms with E-state index in [1.807, 2.05) is 95.7 Å². The molecule has 0 saturated carbocycles. The third-order valence-corrected chi connectivity index (χ3v) is 7.56. The van der Waals surface area contributed by atoms with Gasteiger partial charge in [-0.3, -0.25) is 4.79 Å². The van der Waals surface area contributed by atoms with Gasteiger partial charge in [-0.15, -0.1) is 0 Å². The topological polar surface area (TPSA) is 46.9 Å². The highest BCUT2D eigenvalue weighted by atomic mass is 19.4. The molecule has 0 radical (unpaired) electrons. The van der Waals surface area contributed by atoms with E-state index in [9.17, 15) is 18.0 Å². The first-order valence-corrected chi connectivity index (χ1v) is 13.4. The van der Waals surface area contributed by atoms with E-state index in [0.29, 0.717) is 28.4 Å². The molecule has 42 heavy (non-hydrogen) atoms. The van der Waals surface area contributed by atoms with E-state index in [4.69, 9.17) is 5.10 Å². The lowest BCUT2D eigenvalue weighted by molar-refractivity contribution is -0.137. The molecule has 1 N–H and O–H groups in total. The Kier molecular flexibility index (Phi) is 6.86. The lowest BCUT2D eigenvalue weighted by Crippen LogP contribution is -2.38. The highest BCUT2D eigenvalue weighted by Crippen LogP contribution is 2.45. The number of alkyl halides is 3. The number of hydrogen-bond acceptors (Lipinski definition) is 2. The predicted octanol–water partition coefficient (Wildman–Crippen LogP) is 8.44. The molecule has 0 aliphatic carbocycles. The lowest BCUT2D eigenvalue weighted by atomic mass is 9.77. The van der Waals surface area contributed by atoms with Crippen molar-refractivity contribution in [2.75, 3.05) is 5.32 Å². The Hall–Kier alpha value is -5.17. The Labute approximate surface area is 241 Å². The van der Waals surface area contributed by atoms with Gasteiger partial charge in [0.25, 0.3) is 0 Å². The number of carbonyl (C=O) groups excluding carboxylic acids is 1. The summed E-state index contributed by atoms with van der Waals surface area (Å²) >= 11 is 0. The zero-order valence-corrected chi connectivity index (χ0v) is 22.6. The number of anilines is 1. The number of nitrogens with zero attached hydrogens (tertiary/aromatic N) is 2. The van der Waals surface area contributed by atoms with Gasteiger partial charge < -0.3 is 5.32 Å². The van der Waals surface area contributed by atoms with Crippen molar-refractivity contribution < 1.29 is 18.0 Å². The number of hydrogen-bond donors (Lipinski definition) is 1. The molecule has 0 bridgehead atoms. The fourth-order valence-corrected chi connectivity index (χ4v) is 5.75. The number of carbonyl (C=O) groups is 1. The summed E-state index contributed by atoms with van der Waals surface area (Å²) in [6.45, 7) is 1.63. The molecular formula is C35H26F3N3O. The van der Waals surface area contributed by atoms with Gasteiger partial charge in [0.1, 0.15) is 5.54 Å². The van der Waals surface area contributed by atoms with Crippen LogP contribution < -0.4 is 5.32 Å². The number of halogens is 3. The maximum atomic E-state index is 14.1. The van der Waals surface area contributed by atoms with Gasteiger partial charge in [-0.25, -0.2) is 4.68 Å². The van der Waals surface area contributed by atoms with Gasteiger partial charge in [0.15, 0.2) is 5.82 Å². The third-order valence-electron chi connectivity index (χ3n) is 7.56. The number of aryl methyl sites for hydroxylation is 1. The van der Waals surface area contributed by atoms with Crippen molar-refractivity contribution in [1.29, 1.82) is 0 Å². The molecule has 0 atom stereocenters. The molecule has 5 aromatic carbocycles. The van der Waals surface area contributed by atoms with E-state index < -0.39 is 17.3 Å². The molecule has 1 heterocycles. The summed E-state index contributed by atoms with van der Waals surface area (Å²) in [5, 5.41) is 8.16. The van der Waals surface area contributed by atoms with Crippen LogP contribution in [0.1, 0.15) is 27.8 Å². The van der Waals surface area contributed by atoms with Crippen LogP contribution in [0.3, 0.4) is 0 Å². The highest BCUT2D eigenvalue weighted by molar-refractivity contribution is 5.97. The minimum atomic E-state index is -4.53. The zero-order chi connectivity index (χ0) is 29.3. The molecule has 4 nitrogen and oxygen atoms in total. The molecule has 0 aliphatic heterocycles. The van der Waals surface area contributed by atoms with E-state index in [0.717, 1.165) is 22.8 Å². The van der Waals surface area contributed by atoms with Gasteiger partial charge in [0.2, 0.25) is 6.41 Å². The summed E-state index contributed by atoms with van der Waals surface area (Å²) in [7, 11) is 0. The fraction of sp³-hybridized carbons (Fsp3) is 0.0857. The largest absolute Gasteiger partial charge is 0.417 e. The van der Waals surface area contributed by atoms with E-state index in [1.165, 1.54) is 6.07 Å². The molecule has 1 amide bonds. The summed E-state index contributed by atoms with van der Waals surface area (Å²) in [5.74, 6) is 0.245. The lowest BCUT2D eigenvalue weighted by Gasteiger charge is -2.37. The van der Waals surface area contributed by atoms with E-state index in [2.05, 4.69) is 5.32 Å². The normalized spacial score (nSPS) is 11.9. The first-order valence-electron chi connectivity index (χ1n) is 13.4. The standard InChI is InChI=1S/C35H26F3N3O/c1-24-17-19-29(31(21-24)35(36,37)38)25-18-20-32-30(22-25)33(39-23-42)40-41(32)34(26-11-5-2-6-12-26,27-13-7-3-8-14-27)28-15-9-4-10-16-28/h2-23H,1H3,(H,39,40,42). The maximum absolute atomic E-state index is 14.1. The van der Waals surface area contributed by atoms with E-state index in [1.54, 1.807) is 31.2 Å². The monoisotopic (exact) mass is 561 g/mol. The molecule has 208 valence electrons. The van der Waals surface area contributed by atoms with Gasteiger partial charge in [0, 0.05) is 5.39 Å². The van der Waals surface area contributed by atoms with Crippen molar-refractivity contribution in [3.8, 4) is 11.1 Å². The van der Waals surface area contributed by atoms with Gasteiger partial charge in [-0.2, -0.15) is 18.3 Å². The second-order valence-corrected chi connectivity index (χ2v) is 10.1. The molecule has 7 heteroatoms. The van der Waals surface area contributed by atoms with Gasteiger partial charge >= 0.3 is 6.18 Å². The molecule has 6 rings (SSSR count). The molecule has 0 saturated heterocycles. The van der Waals surface area contributed by atoms with Gasteiger partial charge in [-0.1, -0.05) is 115 Å². The average molecular weight is 562 g/mol. The van der Waals surface area contributed by atoms with Gasteiger partial charge in [-0.05, 0) is 52.9 Å². The van der Waals surface area contributed by atoms with Crippen LogP contribution in [0, 0.1) is 6.92 Å². The highest BCUT2D eigenvalue weighted by Gasteiger charge is 2.41. The Morgan fingerprint density at radius 1 is 0.714 bits per heavy atom. The number of fused-ring (bicyclic) bond motifs is 1. The van der Waals surface area contributed by atoms with E-state index in [-0.39, 0.29) is 11.4 Å². The molecular weight excluding hydrogens is 535 g/mol. The molecule has 6 aromatic rings. The number of amides is 1. The summed E-state index contributed by atoms with van der Waals surface area (Å²) < 4.78 is 44.1. The molecule has 0 unspecified atom stereocenters. The fourth-order valence-electron chi connectivity index (χ4n) is 5.75. The molecule has 0 spiro atoms. The summed E-state index contributed by atoms with van der Waals surface area (Å²) in [4.78, 5) is 11.8. The minimum absolute atomic E-state index is 0.0558. The van der Waals surface area contributed by atoms with Crippen LogP contribution in [0.25, 0.3) is 22.0 Å². The first kappa shape index (κ1) is 27.0. The van der Waals surface area contributed by atoms with Crippen molar-refractivity contribution in [3.63, 3.8) is 0 Å². The quantitative estimate of drug-likeness (QED) is 0.157. The van der Waals surface area contributed by atoms with Crippen LogP contribution in [-0.2, 0) is 16.5 Å². The van der Waals surface area contributed by atoms with Crippen molar-refractivity contribution in [3.05, 3.63) is 155 Å². The van der Waals surface area contributed by atoms with Crippen LogP contribution >= 0.6 is 0 Å². The Bertz CT molecular complexity index is 1770. The molecule has 0 fully saturated rings. The smallest absolute Gasteiger partial charge is 0.311 e. The average Bonchev–Trinajstić information content (AvgIpc) is 3.37. The zero-order valence-electron chi connectivity index (χ0n) is 22.6. The van der Waals surface area contributed by atoms with Crippen molar-refractivity contribution in [2.45, 2.75) is 18.6 Å². The number of nitrogens with one attached hydrogen (secondary N) is 1. The van der Waals surface area contributed by atoms with Gasteiger partial charge in [0.05, 0.1) is 11.1 Å². The van der Waals surface area contributed by atoms with Crippen LogP contribution in [0.5, 0.6) is 0 Å². The SMILES string of the molecule is Cc1ccc(-c2ccc3c(c2)c(NC=O)nn3C(c2ccccc2)(c2ccccc2)c2ccccc2)c(C(F)(F)F)c1. The Morgan fingerprint density at radius 2 is 1.26 bits per heavy atom. The molecule has 1 aromatic heterocycles. The number of aromatic nitrogens is 2. The first-order chi connectivity index (χ1) is 20.3. The van der Waals surface area contributed by atoms with Crippen LogP contribution in [-0.4, -0.2) is 16.2 Å².